The fourth-order valence-electron chi connectivity index (χ4n) is 1.23. The minimum absolute atomic E-state index is 0.328. The van der Waals surface area contributed by atoms with E-state index in [4.69, 9.17) is 15.0 Å². The molecule has 6 heteroatoms. The second kappa shape index (κ2) is 5.74. The summed E-state index contributed by atoms with van der Waals surface area (Å²) in [6.45, 7) is 1.33. The van der Waals surface area contributed by atoms with Gasteiger partial charge in [0, 0.05) is 17.8 Å². The van der Waals surface area contributed by atoms with E-state index < -0.39 is 0 Å². The van der Waals surface area contributed by atoms with Crippen LogP contribution in [0.15, 0.2) is 22.0 Å². The van der Waals surface area contributed by atoms with Crippen molar-refractivity contribution < 1.29 is 9.26 Å². The third-order valence-electron chi connectivity index (χ3n) is 1.91. The van der Waals surface area contributed by atoms with E-state index in [1.54, 1.807) is 11.3 Å². The van der Waals surface area contributed by atoms with Gasteiger partial charge in [-0.3, -0.25) is 0 Å². The highest BCUT2D eigenvalue weighted by molar-refractivity contribution is 7.09. The molecule has 0 aromatic carbocycles. The maximum Gasteiger partial charge on any atom is 0.252 e. The number of thiophene rings is 1. The van der Waals surface area contributed by atoms with Gasteiger partial charge in [0.15, 0.2) is 5.82 Å². The van der Waals surface area contributed by atoms with E-state index in [1.807, 2.05) is 17.5 Å². The molecule has 2 aromatic heterocycles. The van der Waals surface area contributed by atoms with Crippen LogP contribution in [0.4, 0.5) is 0 Å². The molecule has 16 heavy (non-hydrogen) atoms. The second-order valence-electron chi connectivity index (χ2n) is 3.20. The van der Waals surface area contributed by atoms with E-state index in [9.17, 15) is 0 Å². The summed E-state index contributed by atoms with van der Waals surface area (Å²) in [4.78, 5) is 5.44. The number of nitrogens with zero attached hydrogens (tertiary/aromatic N) is 2. The first-order chi connectivity index (χ1) is 7.88. The Morgan fingerprint density at radius 1 is 1.50 bits per heavy atom. The summed E-state index contributed by atoms with van der Waals surface area (Å²) in [5, 5.41) is 5.91. The molecule has 0 saturated carbocycles. The third kappa shape index (κ3) is 3.13. The van der Waals surface area contributed by atoms with Gasteiger partial charge >= 0.3 is 0 Å². The number of aromatic nitrogens is 2. The van der Waals surface area contributed by atoms with Crippen LogP contribution in [-0.4, -0.2) is 23.3 Å². The first kappa shape index (κ1) is 11.3. The summed E-state index contributed by atoms with van der Waals surface area (Å²) in [6.07, 6.45) is 0.706. The smallest absolute Gasteiger partial charge is 0.252 e. The first-order valence-electron chi connectivity index (χ1n) is 5.00. The monoisotopic (exact) mass is 239 g/mol. The van der Waals surface area contributed by atoms with Crippen molar-refractivity contribution in [1.82, 2.24) is 10.1 Å². The van der Waals surface area contributed by atoms with Gasteiger partial charge < -0.3 is 15.0 Å². The Morgan fingerprint density at radius 3 is 3.19 bits per heavy atom. The van der Waals surface area contributed by atoms with Crippen LogP contribution in [0.1, 0.15) is 16.6 Å². The molecule has 2 heterocycles. The van der Waals surface area contributed by atoms with Crippen molar-refractivity contribution in [3.63, 3.8) is 0 Å². The lowest BCUT2D eigenvalue weighted by Crippen LogP contribution is -2.08. The van der Waals surface area contributed by atoms with Gasteiger partial charge in [0.2, 0.25) is 0 Å². The molecule has 0 unspecified atom stereocenters. The highest BCUT2D eigenvalue weighted by atomic mass is 32.1. The molecular weight excluding hydrogens is 226 g/mol. The van der Waals surface area contributed by atoms with Crippen LogP contribution in [0.3, 0.4) is 0 Å². The molecular formula is C10H13N3O2S. The summed E-state index contributed by atoms with van der Waals surface area (Å²) in [7, 11) is 0. The topological polar surface area (TPSA) is 74.2 Å². The molecule has 86 valence electrons. The first-order valence-corrected chi connectivity index (χ1v) is 5.88. The number of ether oxygens (including phenoxy) is 1. The van der Waals surface area contributed by atoms with Gasteiger partial charge in [0.05, 0.1) is 6.61 Å². The maximum absolute atomic E-state index is 5.30. The van der Waals surface area contributed by atoms with Gasteiger partial charge in [0.25, 0.3) is 5.89 Å². The van der Waals surface area contributed by atoms with Gasteiger partial charge in [0.1, 0.15) is 6.61 Å². The van der Waals surface area contributed by atoms with E-state index in [-0.39, 0.29) is 0 Å². The summed E-state index contributed by atoms with van der Waals surface area (Å²) in [5.74, 6) is 1.19. The highest BCUT2D eigenvalue weighted by Crippen LogP contribution is 2.12. The summed E-state index contributed by atoms with van der Waals surface area (Å²) >= 11 is 1.68. The van der Waals surface area contributed by atoms with Crippen LogP contribution in [0.5, 0.6) is 0 Å². The number of hydrogen-bond donors (Lipinski definition) is 1. The molecule has 0 bridgehead atoms. The fraction of sp³-hybridized carbons (Fsp3) is 0.400. The Labute approximate surface area is 97.2 Å². The zero-order chi connectivity index (χ0) is 11.2. The molecule has 0 radical (unpaired) electrons. The van der Waals surface area contributed by atoms with E-state index in [2.05, 4.69) is 10.1 Å². The maximum atomic E-state index is 5.30. The van der Waals surface area contributed by atoms with Crippen molar-refractivity contribution in [3.05, 3.63) is 34.1 Å². The van der Waals surface area contributed by atoms with Crippen molar-refractivity contribution in [3.8, 4) is 0 Å². The predicted octanol–water partition coefficient (Wildman–Crippen LogP) is 1.20. The zero-order valence-corrected chi connectivity index (χ0v) is 9.57. The molecule has 0 atom stereocenters. The van der Waals surface area contributed by atoms with Crippen LogP contribution < -0.4 is 5.73 Å². The zero-order valence-electron chi connectivity index (χ0n) is 8.76. The lowest BCUT2D eigenvalue weighted by atomic mass is 10.3. The van der Waals surface area contributed by atoms with Crippen molar-refractivity contribution >= 4 is 11.3 Å². The van der Waals surface area contributed by atoms with Crippen molar-refractivity contribution in [2.45, 2.75) is 13.0 Å². The van der Waals surface area contributed by atoms with Crippen LogP contribution in [0.25, 0.3) is 0 Å². The van der Waals surface area contributed by atoms with Gasteiger partial charge in [-0.05, 0) is 11.4 Å². The molecule has 2 rings (SSSR count). The molecule has 0 spiro atoms. The number of hydrogen-bond acceptors (Lipinski definition) is 6. The van der Waals surface area contributed by atoms with Gasteiger partial charge in [-0.15, -0.1) is 11.3 Å². The molecule has 0 aliphatic rings. The Balaban J connectivity index is 1.87. The molecule has 0 aliphatic carbocycles. The van der Waals surface area contributed by atoms with E-state index >= 15 is 0 Å². The second-order valence-corrected chi connectivity index (χ2v) is 4.23. The third-order valence-corrected chi connectivity index (χ3v) is 2.79. The van der Waals surface area contributed by atoms with Gasteiger partial charge in [-0.25, -0.2) is 0 Å². The summed E-state index contributed by atoms with van der Waals surface area (Å²) in [5.41, 5.74) is 5.30. The Morgan fingerprint density at radius 2 is 2.44 bits per heavy atom. The van der Waals surface area contributed by atoms with Crippen LogP contribution in [0, 0.1) is 0 Å². The minimum Gasteiger partial charge on any atom is -0.370 e. The molecule has 0 aliphatic heterocycles. The predicted molar refractivity (Wildman–Crippen MR) is 60.1 cm³/mol. The largest absolute Gasteiger partial charge is 0.370 e. The minimum atomic E-state index is 0.328. The number of nitrogens with two attached hydrogens (primary N) is 1. The molecule has 2 N–H and O–H groups in total. The van der Waals surface area contributed by atoms with Gasteiger partial charge in [-0.1, -0.05) is 11.2 Å². The lowest BCUT2D eigenvalue weighted by molar-refractivity contribution is 0.104. The standard InChI is InChI=1S/C10H13N3O2S/c11-3-4-14-7-10-12-9(13-15-10)6-8-2-1-5-16-8/h1-2,5H,3-4,6-7,11H2. The molecule has 2 aromatic rings. The SMILES string of the molecule is NCCOCc1nc(Cc2cccs2)no1. The van der Waals surface area contributed by atoms with Crippen molar-refractivity contribution in [2.24, 2.45) is 5.73 Å². The van der Waals surface area contributed by atoms with Crippen LogP contribution in [-0.2, 0) is 17.8 Å². The molecule has 0 saturated heterocycles. The van der Waals surface area contributed by atoms with Gasteiger partial charge in [-0.2, -0.15) is 4.98 Å². The highest BCUT2D eigenvalue weighted by Gasteiger charge is 2.07. The van der Waals surface area contributed by atoms with E-state index in [1.165, 1.54) is 4.88 Å². The van der Waals surface area contributed by atoms with Crippen molar-refractivity contribution in [2.75, 3.05) is 13.2 Å². The quantitative estimate of drug-likeness (QED) is 0.767. The van der Waals surface area contributed by atoms with Crippen molar-refractivity contribution in [1.29, 1.82) is 0 Å². The van der Waals surface area contributed by atoms with Crippen LogP contribution in [0.2, 0.25) is 0 Å². The average molecular weight is 239 g/mol. The Bertz CT molecular complexity index is 413. The Hall–Kier alpha value is -1.24. The molecule has 0 fully saturated rings. The fourth-order valence-corrected chi connectivity index (χ4v) is 1.93. The molecule has 5 nitrogen and oxygen atoms in total. The van der Waals surface area contributed by atoms with E-state index in [0.29, 0.717) is 37.9 Å². The lowest BCUT2D eigenvalue weighted by Gasteiger charge is -1.95. The molecule has 0 amide bonds. The summed E-state index contributed by atoms with van der Waals surface area (Å²) < 4.78 is 10.2. The average Bonchev–Trinajstić information content (AvgIpc) is 2.91. The summed E-state index contributed by atoms with van der Waals surface area (Å²) in [6, 6.07) is 4.05. The van der Waals surface area contributed by atoms with Crippen LogP contribution >= 0.6 is 11.3 Å². The Kier molecular flexibility index (Phi) is 4.03. The van der Waals surface area contributed by atoms with E-state index in [0.717, 1.165) is 0 Å². The number of rotatable bonds is 6. The normalized spacial score (nSPS) is 10.8.